The summed E-state index contributed by atoms with van der Waals surface area (Å²) >= 11 is 0. The first-order valence-electron chi connectivity index (χ1n) is 7.90. The van der Waals surface area contributed by atoms with Crippen molar-refractivity contribution in [1.29, 1.82) is 0 Å². The topological polar surface area (TPSA) is 90.1 Å². The predicted molar refractivity (Wildman–Crippen MR) is 87.9 cm³/mol. The minimum absolute atomic E-state index is 0.0671. The summed E-state index contributed by atoms with van der Waals surface area (Å²) in [4.78, 5) is 15.8. The Morgan fingerprint density at radius 3 is 2.58 bits per heavy atom. The summed E-state index contributed by atoms with van der Waals surface area (Å²) in [5, 5.41) is 4.31. The third kappa shape index (κ3) is 3.27. The van der Waals surface area contributed by atoms with Crippen LogP contribution in [0, 0.1) is 12.8 Å². The van der Waals surface area contributed by atoms with Gasteiger partial charge in [0.25, 0.3) is 15.6 Å². The highest BCUT2D eigenvalue weighted by molar-refractivity contribution is 7.89. The molecule has 24 heavy (non-hydrogen) atoms. The first-order valence-corrected chi connectivity index (χ1v) is 9.34. The van der Waals surface area contributed by atoms with Gasteiger partial charge >= 0.3 is 0 Å². The van der Waals surface area contributed by atoms with Crippen LogP contribution in [0.5, 0.6) is 0 Å². The lowest BCUT2D eigenvalue weighted by Crippen LogP contribution is -2.41. The maximum Gasteiger partial charge on any atom is 0.276 e. The van der Waals surface area contributed by atoms with E-state index in [0.717, 1.165) is 5.69 Å². The van der Waals surface area contributed by atoms with Crippen molar-refractivity contribution in [3.05, 3.63) is 40.6 Å². The van der Waals surface area contributed by atoms with Gasteiger partial charge in [0, 0.05) is 45.1 Å². The van der Waals surface area contributed by atoms with Crippen molar-refractivity contribution in [2.24, 2.45) is 13.0 Å². The molecule has 1 aliphatic rings. The van der Waals surface area contributed by atoms with Gasteiger partial charge in [0.2, 0.25) is 5.16 Å². The number of hydrogen-bond donors (Lipinski definition) is 0. The maximum absolute atomic E-state index is 12.6. The molecule has 0 aliphatic carbocycles. The van der Waals surface area contributed by atoms with Gasteiger partial charge in [0.05, 0.1) is 5.69 Å². The van der Waals surface area contributed by atoms with Crippen LogP contribution in [0.25, 0.3) is 0 Å². The van der Waals surface area contributed by atoms with E-state index in [4.69, 9.17) is 0 Å². The van der Waals surface area contributed by atoms with Crippen LogP contribution in [-0.2, 0) is 23.6 Å². The van der Waals surface area contributed by atoms with E-state index in [1.165, 1.54) is 25.8 Å². The standard InChI is InChI=1S/C15H21N5O3S/c1-12-3-4-14(21)20(17-12)11-13-5-8-19(9-6-13)24(22,23)15-16-7-10-18(15)2/h3-4,7,10,13H,5-6,8-9,11H2,1-2H3. The van der Waals surface area contributed by atoms with Gasteiger partial charge in [0.15, 0.2) is 0 Å². The molecule has 0 aromatic carbocycles. The van der Waals surface area contributed by atoms with Gasteiger partial charge < -0.3 is 4.57 Å². The zero-order chi connectivity index (χ0) is 17.3. The van der Waals surface area contributed by atoms with Crippen LogP contribution < -0.4 is 5.56 Å². The number of hydrogen-bond acceptors (Lipinski definition) is 5. The van der Waals surface area contributed by atoms with E-state index in [0.29, 0.717) is 32.5 Å². The second-order valence-electron chi connectivity index (χ2n) is 6.16. The zero-order valence-electron chi connectivity index (χ0n) is 13.8. The molecule has 0 spiro atoms. The van der Waals surface area contributed by atoms with Crippen molar-refractivity contribution >= 4 is 10.0 Å². The molecule has 0 atom stereocenters. The second kappa shape index (κ2) is 6.48. The number of nitrogens with zero attached hydrogens (tertiary/aromatic N) is 5. The van der Waals surface area contributed by atoms with Crippen LogP contribution in [0.2, 0.25) is 0 Å². The molecule has 8 nitrogen and oxygen atoms in total. The molecule has 2 aromatic rings. The Hall–Kier alpha value is -2.00. The fourth-order valence-corrected chi connectivity index (χ4v) is 4.52. The summed E-state index contributed by atoms with van der Waals surface area (Å²) in [6.07, 6.45) is 4.50. The van der Waals surface area contributed by atoms with E-state index in [1.807, 2.05) is 6.92 Å². The van der Waals surface area contributed by atoms with Crippen LogP contribution in [0.4, 0.5) is 0 Å². The minimum Gasteiger partial charge on any atom is -0.324 e. The summed E-state index contributed by atoms with van der Waals surface area (Å²) in [5.41, 5.74) is 0.674. The molecule has 9 heteroatoms. The summed E-state index contributed by atoms with van der Waals surface area (Å²) in [5.74, 6) is 0.241. The van der Waals surface area contributed by atoms with Crippen LogP contribution in [-0.4, -0.2) is 45.1 Å². The van der Waals surface area contributed by atoms with Crippen LogP contribution in [0.15, 0.2) is 34.5 Å². The fraction of sp³-hybridized carbons (Fsp3) is 0.533. The summed E-state index contributed by atoms with van der Waals surface area (Å²) in [6, 6.07) is 3.21. The predicted octanol–water partition coefficient (Wildman–Crippen LogP) is 0.386. The quantitative estimate of drug-likeness (QED) is 0.795. The Kier molecular flexibility index (Phi) is 4.55. The SMILES string of the molecule is Cc1ccc(=O)n(CC2CCN(S(=O)(=O)c3nccn3C)CC2)n1. The normalized spacial score (nSPS) is 17.2. The van der Waals surface area contributed by atoms with Gasteiger partial charge in [0.1, 0.15) is 0 Å². The second-order valence-corrected chi connectivity index (χ2v) is 7.99. The molecule has 0 amide bonds. The molecule has 0 unspecified atom stereocenters. The molecule has 2 aromatic heterocycles. The van der Waals surface area contributed by atoms with Gasteiger partial charge in [-0.1, -0.05) is 0 Å². The minimum atomic E-state index is -3.56. The third-order valence-electron chi connectivity index (χ3n) is 4.35. The maximum atomic E-state index is 12.6. The van der Waals surface area contributed by atoms with Gasteiger partial charge in [-0.05, 0) is 31.7 Å². The van der Waals surface area contributed by atoms with E-state index in [2.05, 4.69) is 10.1 Å². The smallest absolute Gasteiger partial charge is 0.276 e. The highest BCUT2D eigenvalue weighted by Crippen LogP contribution is 2.23. The molecule has 1 fully saturated rings. The van der Waals surface area contributed by atoms with E-state index in [9.17, 15) is 13.2 Å². The van der Waals surface area contributed by atoms with Crippen molar-refractivity contribution in [3.8, 4) is 0 Å². The van der Waals surface area contributed by atoms with Crippen LogP contribution in [0.3, 0.4) is 0 Å². The summed E-state index contributed by atoms with van der Waals surface area (Å²) < 4.78 is 29.7. The van der Waals surface area contributed by atoms with Gasteiger partial charge in [-0.15, -0.1) is 0 Å². The first-order chi connectivity index (χ1) is 11.4. The number of sulfonamides is 1. The van der Waals surface area contributed by atoms with Gasteiger partial charge in [-0.3, -0.25) is 4.79 Å². The largest absolute Gasteiger partial charge is 0.324 e. The fourth-order valence-electron chi connectivity index (χ4n) is 2.97. The molecule has 130 valence electrons. The Morgan fingerprint density at radius 1 is 1.25 bits per heavy atom. The lowest BCUT2D eigenvalue weighted by molar-refractivity contribution is 0.243. The van der Waals surface area contributed by atoms with Crippen LogP contribution >= 0.6 is 0 Å². The van der Waals surface area contributed by atoms with Crippen molar-refractivity contribution in [2.45, 2.75) is 31.5 Å². The lowest BCUT2D eigenvalue weighted by Gasteiger charge is -2.30. The van der Waals surface area contributed by atoms with Crippen molar-refractivity contribution in [3.63, 3.8) is 0 Å². The molecular weight excluding hydrogens is 330 g/mol. The molecule has 1 aliphatic heterocycles. The Morgan fingerprint density at radius 2 is 1.96 bits per heavy atom. The lowest BCUT2D eigenvalue weighted by atomic mass is 9.98. The van der Waals surface area contributed by atoms with E-state index < -0.39 is 10.0 Å². The molecular formula is C15H21N5O3S. The average Bonchev–Trinajstić information content (AvgIpc) is 2.98. The van der Waals surface area contributed by atoms with E-state index >= 15 is 0 Å². The average molecular weight is 351 g/mol. The van der Waals surface area contributed by atoms with Crippen LogP contribution in [0.1, 0.15) is 18.5 Å². The Labute approximate surface area is 140 Å². The van der Waals surface area contributed by atoms with E-state index in [1.54, 1.807) is 19.3 Å². The third-order valence-corrected chi connectivity index (χ3v) is 6.25. The summed E-state index contributed by atoms with van der Waals surface area (Å²) in [6.45, 7) is 3.23. The monoisotopic (exact) mass is 351 g/mol. The zero-order valence-corrected chi connectivity index (χ0v) is 14.6. The number of rotatable bonds is 4. The number of imidazole rings is 1. The number of piperidine rings is 1. The van der Waals surface area contributed by atoms with E-state index in [-0.39, 0.29) is 16.6 Å². The molecule has 3 rings (SSSR count). The number of aryl methyl sites for hydroxylation is 2. The Balaban J connectivity index is 1.67. The molecule has 0 radical (unpaired) electrons. The van der Waals surface area contributed by atoms with Gasteiger partial charge in [-0.25, -0.2) is 18.1 Å². The molecule has 0 saturated carbocycles. The molecule has 0 bridgehead atoms. The highest BCUT2D eigenvalue weighted by Gasteiger charge is 2.32. The van der Waals surface area contributed by atoms with Gasteiger partial charge in [-0.2, -0.15) is 9.40 Å². The van der Waals surface area contributed by atoms with Crippen molar-refractivity contribution < 1.29 is 8.42 Å². The number of aromatic nitrogens is 4. The van der Waals surface area contributed by atoms with Crippen molar-refractivity contribution in [2.75, 3.05) is 13.1 Å². The Bertz CT molecular complexity index is 879. The van der Waals surface area contributed by atoms with Crippen molar-refractivity contribution in [1.82, 2.24) is 23.6 Å². The summed E-state index contributed by atoms with van der Waals surface area (Å²) in [7, 11) is -1.89. The molecule has 1 saturated heterocycles. The first kappa shape index (κ1) is 16.8. The highest BCUT2D eigenvalue weighted by atomic mass is 32.2. The molecule has 0 N–H and O–H groups in total. The molecule has 3 heterocycles.